The fourth-order valence-corrected chi connectivity index (χ4v) is 1.52. The lowest BCUT2D eigenvalue weighted by Gasteiger charge is -2.11. The van der Waals surface area contributed by atoms with Gasteiger partial charge in [-0.2, -0.15) is 0 Å². The highest BCUT2D eigenvalue weighted by Gasteiger charge is 2.22. The normalized spacial score (nSPS) is 9.94. The monoisotopic (exact) mass is 253 g/mol. The second kappa shape index (κ2) is 6.00. The maximum atomic E-state index is 11.4. The van der Waals surface area contributed by atoms with E-state index in [1.54, 1.807) is 13.8 Å². The van der Waals surface area contributed by atoms with Crippen LogP contribution in [0.2, 0.25) is 0 Å². The Kier molecular flexibility index (Phi) is 4.65. The van der Waals surface area contributed by atoms with Crippen molar-refractivity contribution in [1.29, 1.82) is 0 Å². The van der Waals surface area contributed by atoms with Crippen LogP contribution in [0.15, 0.2) is 12.1 Å². The topological polar surface area (TPSA) is 78.7 Å². The zero-order valence-electron chi connectivity index (χ0n) is 10.6. The summed E-state index contributed by atoms with van der Waals surface area (Å²) in [6.07, 6.45) is 0. The van der Waals surface area contributed by atoms with E-state index in [9.17, 15) is 14.9 Å². The minimum atomic E-state index is -0.602. The lowest BCUT2D eigenvalue weighted by atomic mass is 10.1. The van der Waals surface area contributed by atoms with Crippen molar-refractivity contribution in [3.8, 4) is 11.5 Å². The molecule has 0 amide bonds. The Morgan fingerprint density at radius 1 is 1.22 bits per heavy atom. The fourth-order valence-electron chi connectivity index (χ4n) is 1.52. The maximum Gasteiger partial charge on any atom is 0.284 e. The number of carbonyl (C=O) groups excluding carboxylic acids is 1. The van der Waals surface area contributed by atoms with Crippen LogP contribution in [0, 0.1) is 10.1 Å². The molecular formula is C12H15NO5. The SMILES string of the molecule is CCOc1cc(C(C)=O)c([N+](=O)[O-])cc1OCC. The van der Waals surface area contributed by atoms with Crippen LogP contribution in [0.1, 0.15) is 31.1 Å². The molecule has 0 heterocycles. The number of carbonyl (C=O) groups is 1. The van der Waals surface area contributed by atoms with E-state index in [-0.39, 0.29) is 22.8 Å². The first kappa shape index (κ1) is 14.0. The molecule has 98 valence electrons. The number of ether oxygens (including phenoxy) is 2. The first-order chi connectivity index (χ1) is 8.51. The van der Waals surface area contributed by atoms with Gasteiger partial charge in [0.15, 0.2) is 17.3 Å². The smallest absolute Gasteiger partial charge is 0.284 e. The van der Waals surface area contributed by atoms with Crippen LogP contribution in [-0.4, -0.2) is 23.9 Å². The largest absolute Gasteiger partial charge is 0.490 e. The second-order valence-corrected chi connectivity index (χ2v) is 3.50. The standard InChI is InChI=1S/C12H15NO5/c1-4-17-11-6-9(8(3)14)10(13(15)16)7-12(11)18-5-2/h6-7H,4-5H2,1-3H3. The van der Waals surface area contributed by atoms with E-state index < -0.39 is 4.92 Å². The number of ketones is 1. The van der Waals surface area contributed by atoms with Crippen LogP contribution < -0.4 is 9.47 Å². The van der Waals surface area contributed by atoms with Crippen molar-refractivity contribution in [2.75, 3.05) is 13.2 Å². The Morgan fingerprint density at radius 3 is 2.11 bits per heavy atom. The summed E-state index contributed by atoms with van der Waals surface area (Å²) in [5.74, 6) is 0.233. The quantitative estimate of drug-likeness (QED) is 0.442. The number of nitrogens with zero attached hydrogens (tertiary/aromatic N) is 1. The minimum Gasteiger partial charge on any atom is -0.490 e. The van der Waals surface area contributed by atoms with Crippen LogP contribution in [0.5, 0.6) is 11.5 Å². The number of benzene rings is 1. The average molecular weight is 253 g/mol. The highest BCUT2D eigenvalue weighted by molar-refractivity contribution is 5.98. The Morgan fingerprint density at radius 2 is 1.72 bits per heavy atom. The van der Waals surface area contributed by atoms with Crippen molar-refractivity contribution in [3.63, 3.8) is 0 Å². The van der Waals surface area contributed by atoms with Crippen LogP contribution in [0.25, 0.3) is 0 Å². The average Bonchev–Trinajstić information content (AvgIpc) is 2.30. The summed E-state index contributed by atoms with van der Waals surface area (Å²) in [5, 5.41) is 10.9. The number of hydrogen-bond acceptors (Lipinski definition) is 5. The van der Waals surface area contributed by atoms with Crippen LogP contribution in [-0.2, 0) is 0 Å². The molecule has 0 saturated heterocycles. The minimum absolute atomic E-state index is 0.0203. The van der Waals surface area contributed by atoms with Crippen molar-refractivity contribution in [1.82, 2.24) is 0 Å². The Balaban J connectivity index is 3.39. The summed E-state index contributed by atoms with van der Waals surface area (Å²) in [7, 11) is 0. The third-order valence-electron chi connectivity index (χ3n) is 2.24. The molecule has 0 radical (unpaired) electrons. The highest BCUT2D eigenvalue weighted by atomic mass is 16.6. The molecule has 0 spiro atoms. The van der Waals surface area contributed by atoms with Gasteiger partial charge in [-0.1, -0.05) is 0 Å². The van der Waals surface area contributed by atoms with Crippen molar-refractivity contribution in [2.45, 2.75) is 20.8 Å². The summed E-state index contributed by atoms with van der Waals surface area (Å²) in [6, 6.07) is 2.58. The molecule has 18 heavy (non-hydrogen) atoms. The number of nitro groups is 1. The van der Waals surface area contributed by atoms with Gasteiger partial charge in [-0.3, -0.25) is 14.9 Å². The number of hydrogen-bond donors (Lipinski definition) is 0. The van der Waals surface area contributed by atoms with E-state index in [0.29, 0.717) is 19.0 Å². The molecule has 0 aliphatic heterocycles. The second-order valence-electron chi connectivity index (χ2n) is 3.50. The van der Waals surface area contributed by atoms with Gasteiger partial charge in [0.25, 0.3) is 5.69 Å². The molecule has 1 rings (SSSR count). The third-order valence-corrected chi connectivity index (χ3v) is 2.24. The van der Waals surface area contributed by atoms with Gasteiger partial charge in [-0.25, -0.2) is 0 Å². The summed E-state index contributed by atoms with van der Waals surface area (Å²) in [5.41, 5.74) is -0.249. The molecule has 1 aromatic carbocycles. The number of nitro benzene ring substituents is 1. The predicted octanol–water partition coefficient (Wildman–Crippen LogP) is 2.59. The Labute approximate surface area is 105 Å². The van der Waals surface area contributed by atoms with Crippen molar-refractivity contribution in [2.24, 2.45) is 0 Å². The van der Waals surface area contributed by atoms with Crippen molar-refractivity contribution in [3.05, 3.63) is 27.8 Å². The van der Waals surface area contributed by atoms with Gasteiger partial charge in [0.1, 0.15) is 0 Å². The summed E-state index contributed by atoms with van der Waals surface area (Å²) >= 11 is 0. The maximum absolute atomic E-state index is 11.4. The highest BCUT2D eigenvalue weighted by Crippen LogP contribution is 2.35. The molecule has 0 bridgehead atoms. The summed E-state index contributed by atoms with van der Waals surface area (Å²) < 4.78 is 10.6. The lowest BCUT2D eigenvalue weighted by molar-refractivity contribution is -0.385. The summed E-state index contributed by atoms with van der Waals surface area (Å²) in [6.45, 7) is 5.56. The molecule has 1 aromatic rings. The lowest BCUT2D eigenvalue weighted by Crippen LogP contribution is -2.05. The molecular weight excluding hydrogens is 238 g/mol. The first-order valence-corrected chi connectivity index (χ1v) is 5.60. The fraction of sp³-hybridized carbons (Fsp3) is 0.417. The number of rotatable bonds is 6. The zero-order valence-corrected chi connectivity index (χ0v) is 10.6. The van der Waals surface area contributed by atoms with Gasteiger partial charge in [-0.05, 0) is 20.8 Å². The Bertz CT molecular complexity index is 427. The molecule has 0 atom stereocenters. The molecule has 6 nitrogen and oxygen atoms in total. The number of Topliss-reactive ketones (excluding diaryl/α,β-unsaturated/α-hetero) is 1. The van der Waals surface area contributed by atoms with Gasteiger partial charge < -0.3 is 9.47 Å². The van der Waals surface area contributed by atoms with Gasteiger partial charge in [0.2, 0.25) is 0 Å². The van der Waals surface area contributed by atoms with E-state index in [1.165, 1.54) is 19.1 Å². The van der Waals surface area contributed by atoms with Crippen LogP contribution >= 0.6 is 0 Å². The van der Waals surface area contributed by atoms with Gasteiger partial charge >= 0.3 is 0 Å². The predicted molar refractivity (Wildman–Crippen MR) is 65.4 cm³/mol. The van der Waals surface area contributed by atoms with E-state index in [2.05, 4.69) is 0 Å². The Hall–Kier alpha value is -2.11. The van der Waals surface area contributed by atoms with Crippen molar-refractivity contribution >= 4 is 11.5 Å². The molecule has 6 heteroatoms. The van der Waals surface area contributed by atoms with Gasteiger partial charge in [0.05, 0.1) is 29.8 Å². The van der Waals surface area contributed by atoms with Gasteiger partial charge in [0, 0.05) is 6.07 Å². The first-order valence-electron chi connectivity index (χ1n) is 5.60. The van der Waals surface area contributed by atoms with E-state index in [1.807, 2.05) is 0 Å². The summed E-state index contributed by atoms with van der Waals surface area (Å²) in [4.78, 5) is 21.7. The molecule has 0 fully saturated rings. The molecule has 0 unspecified atom stereocenters. The van der Waals surface area contributed by atoms with Crippen LogP contribution in [0.3, 0.4) is 0 Å². The third kappa shape index (κ3) is 2.97. The molecule has 0 saturated carbocycles. The van der Waals surface area contributed by atoms with E-state index >= 15 is 0 Å². The molecule has 0 aromatic heterocycles. The zero-order chi connectivity index (χ0) is 13.7. The molecule has 0 N–H and O–H groups in total. The van der Waals surface area contributed by atoms with Gasteiger partial charge in [-0.15, -0.1) is 0 Å². The van der Waals surface area contributed by atoms with E-state index in [4.69, 9.17) is 9.47 Å². The van der Waals surface area contributed by atoms with E-state index in [0.717, 1.165) is 0 Å². The molecule has 0 aliphatic rings. The van der Waals surface area contributed by atoms with Crippen molar-refractivity contribution < 1.29 is 19.2 Å². The molecule has 0 aliphatic carbocycles. The van der Waals surface area contributed by atoms with Crippen LogP contribution in [0.4, 0.5) is 5.69 Å².